The molecule has 0 amide bonds. The summed E-state index contributed by atoms with van der Waals surface area (Å²) in [4.78, 5) is 0.0937. The van der Waals surface area contributed by atoms with Gasteiger partial charge in [0.25, 0.3) is 10.1 Å². The van der Waals surface area contributed by atoms with Crippen molar-refractivity contribution in [2.24, 2.45) is 0 Å². The van der Waals surface area contributed by atoms with Crippen LogP contribution in [0, 0.1) is 0 Å². The summed E-state index contributed by atoms with van der Waals surface area (Å²) >= 11 is 0. The van der Waals surface area contributed by atoms with Gasteiger partial charge in [-0.05, 0) is 60.8 Å². The Hall–Kier alpha value is -0.870. The van der Waals surface area contributed by atoms with Gasteiger partial charge in [0.15, 0.2) is 0 Å². The zero-order chi connectivity index (χ0) is 15.6. The molecule has 2 aliphatic carbocycles. The van der Waals surface area contributed by atoms with E-state index in [1.807, 2.05) is 0 Å². The topological polar surface area (TPSA) is 54.4 Å². The van der Waals surface area contributed by atoms with Crippen LogP contribution in [-0.4, -0.2) is 13.0 Å². The molecule has 2 saturated carbocycles. The SMILES string of the molecule is O=S(=O)(O)c1cc(C2CCCCC2)cc(C2CCCCC2)c1. The molecule has 2 fully saturated rings. The van der Waals surface area contributed by atoms with Gasteiger partial charge in [0.2, 0.25) is 0 Å². The number of benzene rings is 1. The summed E-state index contributed by atoms with van der Waals surface area (Å²) in [5.41, 5.74) is 2.24. The zero-order valence-electron chi connectivity index (χ0n) is 13.1. The largest absolute Gasteiger partial charge is 0.294 e. The molecule has 0 saturated heterocycles. The number of hydrogen-bond donors (Lipinski definition) is 1. The van der Waals surface area contributed by atoms with Crippen molar-refractivity contribution >= 4 is 10.1 Å². The van der Waals surface area contributed by atoms with Gasteiger partial charge in [-0.25, -0.2) is 0 Å². The highest BCUT2D eigenvalue weighted by molar-refractivity contribution is 7.85. The summed E-state index contributed by atoms with van der Waals surface area (Å²) in [6.45, 7) is 0. The second-order valence-electron chi connectivity index (χ2n) is 6.98. The van der Waals surface area contributed by atoms with Crippen LogP contribution in [0.1, 0.15) is 87.2 Å². The fourth-order valence-corrected chi connectivity index (χ4v) is 4.71. The zero-order valence-corrected chi connectivity index (χ0v) is 13.9. The predicted molar refractivity (Wildman–Crippen MR) is 87.9 cm³/mol. The van der Waals surface area contributed by atoms with Crippen LogP contribution in [0.15, 0.2) is 23.1 Å². The van der Waals surface area contributed by atoms with Gasteiger partial charge < -0.3 is 0 Å². The highest BCUT2D eigenvalue weighted by Gasteiger charge is 2.23. The van der Waals surface area contributed by atoms with Crippen LogP contribution in [0.2, 0.25) is 0 Å². The number of rotatable bonds is 3. The van der Waals surface area contributed by atoms with Crippen molar-refractivity contribution in [3.05, 3.63) is 29.3 Å². The second-order valence-corrected chi connectivity index (χ2v) is 8.40. The lowest BCUT2D eigenvalue weighted by Gasteiger charge is -2.26. The third kappa shape index (κ3) is 3.72. The van der Waals surface area contributed by atoms with E-state index in [0.29, 0.717) is 11.8 Å². The minimum absolute atomic E-state index is 0.0937. The normalized spacial score (nSPS) is 21.9. The van der Waals surface area contributed by atoms with E-state index in [1.54, 1.807) is 12.1 Å². The van der Waals surface area contributed by atoms with Gasteiger partial charge in [-0.1, -0.05) is 44.6 Å². The lowest BCUT2D eigenvalue weighted by Crippen LogP contribution is -2.10. The van der Waals surface area contributed by atoms with Gasteiger partial charge in [0, 0.05) is 0 Å². The first-order valence-corrected chi connectivity index (χ1v) is 10.1. The molecule has 0 unspecified atom stereocenters. The fourth-order valence-electron chi connectivity index (χ4n) is 4.14. The first kappa shape index (κ1) is 16.0. The molecule has 4 heteroatoms. The third-order valence-electron chi connectivity index (χ3n) is 5.40. The minimum atomic E-state index is -4.13. The Morgan fingerprint density at radius 1 is 0.727 bits per heavy atom. The highest BCUT2D eigenvalue weighted by atomic mass is 32.2. The van der Waals surface area contributed by atoms with E-state index >= 15 is 0 Å². The Kier molecular flexibility index (Phi) is 4.88. The standard InChI is InChI=1S/C18H26O3S/c19-22(20,21)18-12-16(14-7-3-1-4-8-14)11-17(13-18)15-9-5-2-6-10-15/h11-15H,1-10H2,(H,19,20,21). The summed E-state index contributed by atoms with van der Waals surface area (Å²) in [6, 6.07) is 5.63. The molecule has 1 N–H and O–H groups in total. The van der Waals surface area contributed by atoms with Crippen LogP contribution in [0.3, 0.4) is 0 Å². The quantitative estimate of drug-likeness (QED) is 0.794. The Morgan fingerprint density at radius 3 is 1.50 bits per heavy atom. The molecule has 0 heterocycles. The Labute approximate surface area is 133 Å². The summed E-state index contributed by atoms with van der Waals surface area (Å²) in [6.07, 6.45) is 12.0. The predicted octanol–water partition coefficient (Wildman–Crippen LogP) is 5.03. The average molecular weight is 322 g/mol. The maximum atomic E-state index is 11.7. The van der Waals surface area contributed by atoms with E-state index in [9.17, 15) is 13.0 Å². The van der Waals surface area contributed by atoms with Gasteiger partial charge in [-0.2, -0.15) is 8.42 Å². The van der Waals surface area contributed by atoms with Crippen LogP contribution in [-0.2, 0) is 10.1 Å². The van der Waals surface area contributed by atoms with Crippen LogP contribution in [0.5, 0.6) is 0 Å². The third-order valence-corrected chi connectivity index (χ3v) is 6.23. The van der Waals surface area contributed by atoms with Crippen LogP contribution >= 0.6 is 0 Å². The molecule has 3 nitrogen and oxygen atoms in total. The average Bonchev–Trinajstić information content (AvgIpc) is 2.55. The van der Waals surface area contributed by atoms with E-state index in [1.165, 1.54) is 38.5 Å². The molecule has 0 aliphatic heterocycles. The molecule has 0 atom stereocenters. The van der Waals surface area contributed by atoms with Crippen molar-refractivity contribution in [1.82, 2.24) is 0 Å². The lowest BCUT2D eigenvalue weighted by atomic mass is 9.80. The first-order valence-electron chi connectivity index (χ1n) is 8.66. The van der Waals surface area contributed by atoms with E-state index < -0.39 is 10.1 Å². The smallest absolute Gasteiger partial charge is 0.282 e. The van der Waals surface area contributed by atoms with Gasteiger partial charge in [0.1, 0.15) is 0 Å². The van der Waals surface area contributed by atoms with Crippen molar-refractivity contribution in [2.45, 2.75) is 80.9 Å². The maximum Gasteiger partial charge on any atom is 0.294 e. The highest BCUT2D eigenvalue weighted by Crippen LogP contribution is 2.38. The number of hydrogen-bond acceptors (Lipinski definition) is 2. The van der Waals surface area contributed by atoms with Gasteiger partial charge in [-0.3, -0.25) is 4.55 Å². The Bertz CT molecular complexity index is 573. The molecule has 0 spiro atoms. The molecule has 0 bridgehead atoms. The van der Waals surface area contributed by atoms with Crippen molar-refractivity contribution in [3.8, 4) is 0 Å². The Morgan fingerprint density at radius 2 is 1.14 bits per heavy atom. The molecular weight excluding hydrogens is 296 g/mol. The van der Waals surface area contributed by atoms with Crippen molar-refractivity contribution < 1.29 is 13.0 Å². The summed E-state index contributed by atoms with van der Waals surface area (Å²) in [5.74, 6) is 0.913. The van der Waals surface area contributed by atoms with Crippen LogP contribution in [0.25, 0.3) is 0 Å². The Balaban J connectivity index is 1.97. The molecule has 0 radical (unpaired) electrons. The van der Waals surface area contributed by atoms with E-state index in [2.05, 4.69) is 6.07 Å². The fraction of sp³-hybridized carbons (Fsp3) is 0.667. The van der Waals surface area contributed by atoms with Gasteiger partial charge in [-0.15, -0.1) is 0 Å². The molecule has 1 aromatic carbocycles. The molecule has 122 valence electrons. The van der Waals surface area contributed by atoms with E-state index in [0.717, 1.165) is 36.8 Å². The molecule has 22 heavy (non-hydrogen) atoms. The van der Waals surface area contributed by atoms with Crippen LogP contribution < -0.4 is 0 Å². The summed E-state index contributed by atoms with van der Waals surface area (Å²) in [5, 5.41) is 0. The summed E-state index contributed by atoms with van der Waals surface area (Å²) < 4.78 is 32.8. The molecule has 3 rings (SSSR count). The van der Waals surface area contributed by atoms with E-state index in [-0.39, 0.29) is 4.90 Å². The molecular formula is C18H26O3S. The van der Waals surface area contributed by atoms with Gasteiger partial charge in [0.05, 0.1) is 4.90 Å². The van der Waals surface area contributed by atoms with Crippen molar-refractivity contribution in [3.63, 3.8) is 0 Å². The summed E-state index contributed by atoms with van der Waals surface area (Å²) in [7, 11) is -4.13. The molecule has 1 aromatic rings. The van der Waals surface area contributed by atoms with Gasteiger partial charge >= 0.3 is 0 Å². The minimum Gasteiger partial charge on any atom is -0.282 e. The van der Waals surface area contributed by atoms with Crippen molar-refractivity contribution in [2.75, 3.05) is 0 Å². The maximum absolute atomic E-state index is 11.7. The van der Waals surface area contributed by atoms with Crippen molar-refractivity contribution in [1.29, 1.82) is 0 Å². The van der Waals surface area contributed by atoms with E-state index in [4.69, 9.17) is 0 Å². The monoisotopic (exact) mass is 322 g/mol. The second kappa shape index (κ2) is 6.71. The molecule has 0 aromatic heterocycles. The first-order chi connectivity index (χ1) is 10.5. The molecule has 2 aliphatic rings. The lowest BCUT2D eigenvalue weighted by molar-refractivity contribution is 0.433. The van der Waals surface area contributed by atoms with Crippen LogP contribution in [0.4, 0.5) is 0 Å².